The molecule has 19 heavy (non-hydrogen) atoms. The Labute approximate surface area is 107 Å². The zero-order valence-electron chi connectivity index (χ0n) is 9.56. The Bertz CT molecular complexity index is 641. The van der Waals surface area contributed by atoms with Crippen molar-refractivity contribution in [2.45, 2.75) is 0 Å². The fourth-order valence-corrected chi connectivity index (χ4v) is 1.39. The van der Waals surface area contributed by atoms with Crippen LogP contribution < -0.4 is 0 Å². The number of aromatic carboxylic acids is 1. The number of nitrogens with zero attached hydrogens (tertiary/aromatic N) is 3. The molecule has 7 heteroatoms. The van der Waals surface area contributed by atoms with Crippen LogP contribution in [-0.2, 0) is 0 Å². The van der Waals surface area contributed by atoms with Gasteiger partial charge in [-0.05, 0) is 18.2 Å². The van der Waals surface area contributed by atoms with Crippen LogP contribution in [0.1, 0.15) is 10.4 Å². The van der Waals surface area contributed by atoms with Crippen molar-refractivity contribution in [2.24, 2.45) is 10.2 Å². The van der Waals surface area contributed by atoms with E-state index in [0.717, 1.165) is 12.1 Å². The number of carboxylic acids is 1. The quantitative estimate of drug-likeness (QED) is 0.732. The summed E-state index contributed by atoms with van der Waals surface area (Å²) in [4.78, 5) is 14.8. The second-order valence-corrected chi connectivity index (χ2v) is 3.58. The largest absolute Gasteiger partial charge is 0.508 e. The van der Waals surface area contributed by atoms with Crippen molar-refractivity contribution in [2.75, 3.05) is 0 Å². The van der Waals surface area contributed by atoms with Gasteiger partial charge in [0, 0.05) is 12.3 Å². The van der Waals surface area contributed by atoms with E-state index in [1.54, 1.807) is 18.3 Å². The lowest BCUT2D eigenvalue weighted by Gasteiger charge is -2.03. The molecule has 0 aliphatic heterocycles. The smallest absolute Gasteiger partial charge is 0.338 e. The summed E-state index contributed by atoms with van der Waals surface area (Å²) in [5.41, 5.74) is -0.161. The number of benzene rings is 1. The highest BCUT2D eigenvalue weighted by Gasteiger charge is 2.16. The number of pyridine rings is 1. The highest BCUT2D eigenvalue weighted by Crippen LogP contribution is 2.35. The van der Waals surface area contributed by atoms with Gasteiger partial charge in [0.05, 0.1) is 11.8 Å². The fraction of sp³-hybridized carbons (Fsp3) is 0. The molecular formula is C12H9N3O4. The van der Waals surface area contributed by atoms with Gasteiger partial charge in [-0.25, -0.2) is 4.79 Å². The predicted octanol–water partition coefficient (Wildman–Crippen LogP) is 2.61. The van der Waals surface area contributed by atoms with Gasteiger partial charge in [0.25, 0.3) is 0 Å². The Morgan fingerprint density at radius 1 is 1.21 bits per heavy atom. The van der Waals surface area contributed by atoms with E-state index in [1.807, 2.05) is 0 Å². The first-order valence-corrected chi connectivity index (χ1v) is 5.19. The van der Waals surface area contributed by atoms with Gasteiger partial charge in [0.2, 0.25) is 0 Å². The summed E-state index contributed by atoms with van der Waals surface area (Å²) < 4.78 is 0. The lowest BCUT2D eigenvalue weighted by atomic mass is 10.1. The van der Waals surface area contributed by atoms with Gasteiger partial charge in [-0.15, -0.1) is 10.2 Å². The Kier molecular flexibility index (Phi) is 3.37. The molecule has 7 nitrogen and oxygen atoms in total. The normalized spacial score (nSPS) is 10.7. The van der Waals surface area contributed by atoms with Crippen LogP contribution in [0.25, 0.3) is 0 Å². The van der Waals surface area contributed by atoms with Crippen LogP contribution >= 0.6 is 0 Å². The lowest BCUT2D eigenvalue weighted by molar-refractivity contribution is 0.0697. The lowest BCUT2D eigenvalue weighted by Crippen LogP contribution is -1.96. The predicted molar refractivity (Wildman–Crippen MR) is 65.1 cm³/mol. The SMILES string of the molecule is O=C(O)c1cc(O)cc(O)c1N=Nc1cccnc1. The Hall–Kier alpha value is -2.96. The molecule has 0 spiro atoms. The second-order valence-electron chi connectivity index (χ2n) is 3.58. The van der Waals surface area contributed by atoms with Crippen LogP contribution in [0.5, 0.6) is 11.5 Å². The van der Waals surface area contributed by atoms with Gasteiger partial charge in [-0.3, -0.25) is 4.98 Å². The molecule has 0 radical (unpaired) electrons. The molecule has 1 aromatic heterocycles. The zero-order chi connectivity index (χ0) is 13.8. The van der Waals surface area contributed by atoms with Gasteiger partial charge in [-0.1, -0.05) is 0 Å². The molecule has 0 aliphatic carbocycles. The number of azo groups is 1. The fourth-order valence-electron chi connectivity index (χ4n) is 1.39. The number of rotatable bonds is 3. The topological polar surface area (TPSA) is 115 Å². The number of carbonyl (C=O) groups is 1. The Balaban J connectivity index is 2.45. The maximum Gasteiger partial charge on any atom is 0.338 e. The average molecular weight is 259 g/mol. The summed E-state index contributed by atoms with van der Waals surface area (Å²) in [6.45, 7) is 0. The van der Waals surface area contributed by atoms with Crippen molar-refractivity contribution in [3.63, 3.8) is 0 Å². The van der Waals surface area contributed by atoms with Gasteiger partial charge in [0.15, 0.2) is 0 Å². The van der Waals surface area contributed by atoms with Crippen LogP contribution in [0.3, 0.4) is 0 Å². The third-order valence-corrected chi connectivity index (χ3v) is 2.22. The first-order chi connectivity index (χ1) is 9.08. The molecular weight excluding hydrogens is 250 g/mol. The van der Waals surface area contributed by atoms with E-state index < -0.39 is 11.7 Å². The van der Waals surface area contributed by atoms with Gasteiger partial charge in [-0.2, -0.15) is 0 Å². The molecule has 3 N–H and O–H groups in total. The first-order valence-electron chi connectivity index (χ1n) is 5.19. The van der Waals surface area contributed by atoms with Crippen molar-refractivity contribution in [1.29, 1.82) is 0 Å². The second kappa shape index (κ2) is 5.13. The van der Waals surface area contributed by atoms with Gasteiger partial charge in [0.1, 0.15) is 22.9 Å². The van der Waals surface area contributed by atoms with Crippen LogP contribution in [0.2, 0.25) is 0 Å². The van der Waals surface area contributed by atoms with Gasteiger partial charge >= 0.3 is 5.97 Å². The van der Waals surface area contributed by atoms with Crippen molar-refractivity contribution < 1.29 is 20.1 Å². The molecule has 1 heterocycles. The van der Waals surface area contributed by atoms with Crippen molar-refractivity contribution >= 4 is 17.3 Å². The number of aromatic nitrogens is 1. The summed E-state index contributed by atoms with van der Waals surface area (Å²) in [7, 11) is 0. The standard InChI is InChI=1S/C12H9N3O4/c16-8-4-9(12(18)19)11(10(17)5-8)15-14-7-2-1-3-13-6-7/h1-6,16-17H,(H,18,19). The van der Waals surface area contributed by atoms with Crippen LogP contribution in [-0.4, -0.2) is 26.3 Å². The Morgan fingerprint density at radius 2 is 2.00 bits per heavy atom. The number of hydrogen-bond donors (Lipinski definition) is 3. The minimum Gasteiger partial charge on any atom is -0.508 e. The first kappa shape index (κ1) is 12.5. The summed E-state index contributed by atoms with van der Waals surface area (Å²) in [5, 5.41) is 35.3. The molecule has 0 saturated heterocycles. The minimum absolute atomic E-state index is 0.228. The monoisotopic (exact) mass is 259 g/mol. The van der Waals surface area contributed by atoms with Crippen LogP contribution in [0.15, 0.2) is 46.9 Å². The molecule has 0 atom stereocenters. The molecule has 0 amide bonds. The van der Waals surface area contributed by atoms with E-state index in [4.69, 9.17) is 5.11 Å². The average Bonchev–Trinajstić information content (AvgIpc) is 2.38. The van der Waals surface area contributed by atoms with Crippen molar-refractivity contribution in [1.82, 2.24) is 4.98 Å². The number of phenols is 2. The molecule has 2 aromatic rings. The summed E-state index contributed by atoms with van der Waals surface area (Å²) in [6, 6.07) is 5.24. The van der Waals surface area contributed by atoms with E-state index in [9.17, 15) is 15.0 Å². The van der Waals surface area contributed by atoms with E-state index in [0.29, 0.717) is 5.69 Å². The van der Waals surface area contributed by atoms with E-state index in [-0.39, 0.29) is 17.0 Å². The Morgan fingerprint density at radius 3 is 2.63 bits per heavy atom. The third kappa shape index (κ3) is 2.83. The van der Waals surface area contributed by atoms with Crippen LogP contribution in [0.4, 0.5) is 11.4 Å². The maximum atomic E-state index is 11.0. The summed E-state index contributed by atoms with van der Waals surface area (Å²) >= 11 is 0. The number of carboxylic acid groups (broad SMARTS) is 1. The van der Waals surface area contributed by atoms with Gasteiger partial charge < -0.3 is 15.3 Å². The highest BCUT2D eigenvalue weighted by atomic mass is 16.4. The van der Waals surface area contributed by atoms with E-state index in [2.05, 4.69) is 15.2 Å². The number of hydrogen-bond acceptors (Lipinski definition) is 6. The maximum absolute atomic E-state index is 11.0. The van der Waals surface area contributed by atoms with Crippen molar-refractivity contribution in [3.8, 4) is 11.5 Å². The molecule has 0 fully saturated rings. The zero-order valence-corrected chi connectivity index (χ0v) is 9.56. The molecule has 0 saturated carbocycles. The highest BCUT2D eigenvalue weighted by molar-refractivity contribution is 5.95. The number of aromatic hydroxyl groups is 2. The third-order valence-electron chi connectivity index (χ3n) is 2.22. The number of phenolic OH excluding ortho intramolecular Hbond substituents is 2. The summed E-state index contributed by atoms with van der Waals surface area (Å²) in [5.74, 6) is -2.16. The van der Waals surface area contributed by atoms with E-state index in [1.165, 1.54) is 6.20 Å². The molecule has 96 valence electrons. The molecule has 0 aliphatic rings. The molecule has 2 rings (SSSR count). The molecule has 0 bridgehead atoms. The molecule has 1 aromatic carbocycles. The van der Waals surface area contributed by atoms with E-state index >= 15 is 0 Å². The van der Waals surface area contributed by atoms with Crippen molar-refractivity contribution in [3.05, 3.63) is 42.2 Å². The molecule has 0 unspecified atom stereocenters. The minimum atomic E-state index is -1.33. The summed E-state index contributed by atoms with van der Waals surface area (Å²) in [6.07, 6.45) is 2.99. The van der Waals surface area contributed by atoms with Crippen LogP contribution in [0, 0.1) is 0 Å².